The fraction of sp³-hybridized carbons (Fsp3) is 0.542. The maximum absolute atomic E-state index is 12.8. The van der Waals surface area contributed by atoms with Gasteiger partial charge in [0.15, 0.2) is 0 Å². The van der Waals surface area contributed by atoms with E-state index in [4.69, 9.17) is 4.99 Å². The molecule has 1 saturated heterocycles. The van der Waals surface area contributed by atoms with Gasteiger partial charge in [-0.2, -0.15) is 4.99 Å². The van der Waals surface area contributed by atoms with Gasteiger partial charge in [0.05, 0.1) is 18.5 Å². The molecule has 0 aromatic heterocycles. The Morgan fingerprint density at radius 1 is 1.21 bits per heavy atom. The summed E-state index contributed by atoms with van der Waals surface area (Å²) in [5.41, 5.74) is 0. The Labute approximate surface area is 195 Å². The highest BCUT2D eigenvalue weighted by Crippen LogP contribution is 2.20. The standard InChI is InChI=1S/C24H33N7O2/c1-4-18-8-9-20(26-18)27-24-25-15-17-7-10-22(33)31(23(17)28-24)14-13-29-11-12-30(21(32)6-3)16-19(29)5-2/h6-10,17-19H,3-5,11-16H2,1-2H3,(H,25,26,27)/t17?,18?,19-/m0/s1. The van der Waals surface area contributed by atoms with Crippen molar-refractivity contribution in [3.05, 3.63) is 37.0 Å². The molecule has 3 atom stereocenters. The van der Waals surface area contributed by atoms with Crippen LogP contribution >= 0.6 is 0 Å². The van der Waals surface area contributed by atoms with E-state index >= 15 is 0 Å². The molecule has 33 heavy (non-hydrogen) atoms. The van der Waals surface area contributed by atoms with Crippen LogP contribution < -0.4 is 5.32 Å². The Morgan fingerprint density at radius 2 is 2.06 bits per heavy atom. The zero-order valence-corrected chi connectivity index (χ0v) is 19.5. The van der Waals surface area contributed by atoms with E-state index in [1.165, 1.54) is 6.08 Å². The number of amides is 2. The zero-order chi connectivity index (χ0) is 23.4. The van der Waals surface area contributed by atoms with Gasteiger partial charge in [-0.3, -0.25) is 24.4 Å². The number of guanidine groups is 1. The van der Waals surface area contributed by atoms with Crippen molar-refractivity contribution < 1.29 is 9.59 Å². The van der Waals surface area contributed by atoms with Crippen molar-refractivity contribution in [2.24, 2.45) is 20.9 Å². The molecule has 2 amide bonds. The quantitative estimate of drug-likeness (QED) is 0.615. The molecule has 0 radical (unpaired) electrons. The Hall–Kier alpha value is -3.07. The number of rotatable bonds is 6. The van der Waals surface area contributed by atoms with Crippen molar-refractivity contribution in [2.45, 2.75) is 38.8 Å². The van der Waals surface area contributed by atoms with E-state index in [0.717, 1.165) is 37.6 Å². The number of nitrogens with zero attached hydrogens (tertiary/aromatic N) is 6. The maximum atomic E-state index is 12.8. The van der Waals surface area contributed by atoms with E-state index in [-0.39, 0.29) is 29.8 Å². The van der Waals surface area contributed by atoms with Crippen LogP contribution in [0.4, 0.5) is 0 Å². The fourth-order valence-corrected chi connectivity index (χ4v) is 4.61. The third-order valence-electron chi connectivity index (χ3n) is 6.62. The number of nitrogens with one attached hydrogen (secondary N) is 1. The second kappa shape index (κ2) is 10.2. The zero-order valence-electron chi connectivity index (χ0n) is 19.5. The van der Waals surface area contributed by atoms with E-state index in [1.807, 2.05) is 17.1 Å². The van der Waals surface area contributed by atoms with Crippen LogP contribution in [0.25, 0.3) is 0 Å². The van der Waals surface area contributed by atoms with Crippen molar-refractivity contribution in [1.29, 1.82) is 0 Å². The summed E-state index contributed by atoms with van der Waals surface area (Å²) in [6.07, 6.45) is 10.8. The lowest BCUT2D eigenvalue weighted by atomic mass is 10.0. The van der Waals surface area contributed by atoms with E-state index < -0.39 is 0 Å². The van der Waals surface area contributed by atoms with Gasteiger partial charge in [-0.1, -0.05) is 32.6 Å². The molecule has 0 spiro atoms. The molecule has 9 heteroatoms. The van der Waals surface area contributed by atoms with Gasteiger partial charge in [0.2, 0.25) is 11.9 Å². The van der Waals surface area contributed by atoms with Gasteiger partial charge in [0, 0.05) is 44.8 Å². The molecular weight excluding hydrogens is 418 g/mol. The summed E-state index contributed by atoms with van der Waals surface area (Å²) in [6, 6.07) is 0.459. The van der Waals surface area contributed by atoms with Crippen molar-refractivity contribution in [1.82, 2.24) is 20.0 Å². The van der Waals surface area contributed by atoms with Crippen LogP contribution in [0, 0.1) is 5.92 Å². The third-order valence-corrected chi connectivity index (χ3v) is 6.62. The van der Waals surface area contributed by atoms with E-state index in [9.17, 15) is 9.59 Å². The summed E-state index contributed by atoms with van der Waals surface area (Å²) in [5.74, 6) is 1.92. The van der Waals surface area contributed by atoms with Crippen molar-refractivity contribution in [3.8, 4) is 0 Å². The second-order valence-electron chi connectivity index (χ2n) is 8.65. The first-order chi connectivity index (χ1) is 16.0. The van der Waals surface area contributed by atoms with Crippen LogP contribution in [0.15, 0.2) is 51.9 Å². The first kappa shape index (κ1) is 23.1. The van der Waals surface area contributed by atoms with Crippen LogP contribution in [-0.4, -0.2) is 95.5 Å². The second-order valence-corrected chi connectivity index (χ2v) is 8.65. The number of carbonyl (C=O) groups excluding carboxylic acids is 2. The summed E-state index contributed by atoms with van der Waals surface area (Å²) < 4.78 is 0. The number of aliphatic imine (C=N–C) groups is 3. The van der Waals surface area contributed by atoms with Crippen molar-refractivity contribution >= 4 is 29.4 Å². The molecule has 9 nitrogen and oxygen atoms in total. The van der Waals surface area contributed by atoms with Gasteiger partial charge < -0.3 is 10.2 Å². The van der Waals surface area contributed by atoms with Gasteiger partial charge in [-0.25, -0.2) is 4.99 Å². The molecule has 0 aromatic carbocycles. The van der Waals surface area contributed by atoms with Crippen LogP contribution in [-0.2, 0) is 9.59 Å². The summed E-state index contributed by atoms with van der Waals surface area (Å²) >= 11 is 0. The lowest BCUT2D eigenvalue weighted by Gasteiger charge is -2.42. The number of fused-ring (bicyclic) bond motifs is 1. The van der Waals surface area contributed by atoms with Crippen molar-refractivity contribution in [3.63, 3.8) is 0 Å². The summed E-state index contributed by atoms with van der Waals surface area (Å²) in [6.45, 7) is 11.8. The Kier molecular flexibility index (Phi) is 7.17. The third kappa shape index (κ3) is 5.13. The topological polar surface area (TPSA) is 93.0 Å². The summed E-state index contributed by atoms with van der Waals surface area (Å²) in [4.78, 5) is 44.6. The molecule has 0 bridgehead atoms. The van der Waals surface area contributed by atoms with E-state index in [2.05, 4.69) is 46.7 Å². The van der Waals surface area contributed by atoms with Crippen molar-refractivity contribution in [2.75, 3.05) is 39.3 Å². The highest BCUT2D eigenvalue weighted by molar-refractivity contribution is 6.15. The Balaban J connectivity index is 1.42. The van der Waals surface area contributed by atoms with Gasteiger partial charge in [-0.05, 0) is 25.0 Å². The normalized spacial score (nSPS) is 27.2. The van der Waals surface area contributed by atoms with E-state index in [1.54, 1.807) is 11.0 Å². The smallest absolute Gasteiger partial charge is 0.251 e. The minimum absolute atomic E-state index is 0.00160. The van der Waals surface area contributed by atoms with Gasteiger partial charge in [-0.15, -0.1) is 0 Å². The van der Waals surface area contributed by atoms with Crippen LogP contribution in [0.3, 0.4) is 0 Å². The molecule has 0 aliphatic carbocycles. The molecule has 0 saturated carbocycles. The van der Waals surface area contributed by atoms with Gasteiger partial charge in [0.1, 0.15) is 11.7 Å². The molecule has 0 aromatic rings. The number of hydrogen-bond acceptors (Lipinski definition) is 7. The van der Waals surface area contributed by atoms with E-state index in [0.29, 0.717) is 32.1 Å². The largest absolute Gasteiger partial charge is 0.336 e. The molecular formula is C24H33N7O2. The number of hydrogen-bond donors (Lipinski definition) is 1. The monoisotopic (exact) mass is 451 g/mol. The minimum Gasteiger partial charge on any atom is -0.336 e. The predicted molar refractivity (Wildman–Crippen MR) is 130 cm³/mol. The SMILES string of the molecule is C=CC(=O)N1CCN(CCN2C(=O)C=CC3CN=C(NC4=NC(CC)C=C4)N=C32)[C@@H](CC)C1. The van der Waals surface area contributed by atoms with Crippen LogP contribution in [0.2, 0.25) is 0 Å². The average Bonchev–Trinajstić information content (AvgIpc) is 3.30. The fourth-order valence-electron chi connectivity index (χ4n) is 4.61. The molecule has 2 unspecified atom stereocenters. The number of carbonyl (C=O) groups is 2. The predicted octanol–water partition coefficient (Wildman–Crippen LogP) is 1.21. The van der Waals surface area contributed by atoms with Gasteiger partial charge in [0.25, 0.3) is 5.91 Å². The minimum atomic E-state index is -0.0519. The highest BCUT2D eigenvalue weighted by Gasteiger charge is 2.33. The molecule has 4 aliphatic heterocycles. The average molecular weight is 452 g/mol. The Bertz CT molecular complexity index is 948. The van der Waals surface area contributed by atoms with Gasteiger partial charge >= 0.3 is 0 Å². The lowest BCUT2D eigenvalue weighted by molar-refractivity contribution is -0.129. The summed E-state index contributed by atoms with van der Waals surface area (Å²) in [7, 11) is 0. The first-order valence-electron chi connectivity index (χ1n) is 11.8. The molecule has 4 rings (SSSR count). The highest BCUT2D eigenvalue weighted by atomic mass is 16.2. The molecule has 1 N–H and O–H groups in total. The molecule has 1 fully saturated rings. The Morgan fingerprint density at radius 3 is 2.79 bits per heavy atom. The summed E-state index contributed by atoms with van der Waals surface area (Å²) in [5, 5.41) is 3.20. The lowest BCUT2D eigenvalue weighted by Crippen LogP contribution is -2.56. The maximum Gasteiger partial charge on any atom is 0.251 e. The number of piperazine rings is 1. The molecule has 4 heterocycles. The molecule has 4 aliphatic rings. The molecule has 176 valence electrons. The number of amidine groups is 2. The van der Waals surface area contributed by atoms with Crippen LogP contribution in [0.5, 0.6) is 0 Å². The first-order valence-corrected chi connectivity index (χ1v) is 11.8. The van der Waals surface area contributed by atoms with Crippen LogP contribution in [0.1, 0.15) is 26.7 Å².